The molecule has 1 saturated heterocycles. The highest BCUT2D eigenvalue weighted by atomic mass is 32.2. The maximum atomic E-state index is 13.5. The lowest BCUT2D eigenvalue weighted by molar-refractivity contribution is -0.122. The summed E-state index contributed by atoms with van der Waals surface area (Å²) in [4.78, 5) is 26.6. The lowest BCUT2D eigenvalue weighted by atomic mass is 10.1. The van der Waals surface area contributed by atoms with Crippen LogP contribution < -0.4 is 14.5 Å². The number of nitrogens with zero attached hydrogens (tertiary/aromatic N) is 4. The summed E-state index contributed by atoms with van der Waals surface area (Å²) in [6.45, 7) is 1.55. The third-order valence-electron chi connectivity index (χ3n) is 6.26. The Morgan fingerprint density at radius 1 is 1.19 bits per heavy atom. The number of nitrogens with one attached hydrogen (secondary N) is 1. The number of aromatic nitrogens is 2. The number of sulfone groups is 1. The third-order valence-corrected chi connectivity index (χ3v) is 7.77. The van der Waals surface area contributed by atoms with Crippen molar-refractivity contribution in [3.05, 3.63) is 65.9 Å². The molecule has 0 saturated carbocycles. The van der Waals surface area contributed by atoms with Crippen LogP contribution in [0.3, 0.4) is 0 Å². The second kappa shape index (κ2) is 10.3. The van der Waals surface area contributed by atoms with Crippen LogP contribution in [0, 0.1) is 0 Å². The molecule has 1 fully saturated rings. The Labute approximate surface area is 216 Å². The van der Waals surface area contributed by atoms with Gasteiger partial charge in [0.25, 0.3) is 5.91 Å². The summed E-state index contributed by atoms with van der Waals surface area (Å²) in [6.07, 6.45) is 2.76. The van der Waals surface area contributed by atoms with Crippen molar-refractivity contribution in [2.45, 2.75) is 24.0 Å². The molecule has 2 atom stereocenters. The first-order valence-corrected chi connectivity index (χ1v) is 14.4. The van der Waals surface area contributed by atoms with Crippen LogP contribution in [0.2, 0.25) is 0 Å². The number of anilines is 2. The molecule has 13 heteroatoms. The first-order valence-electron chi connectivity index (χ1n) is 11.4. The van der Waals surface area contributed by atoms with E-state index in [-0.39, 0.29) is 30.5 Å². The van der Waals surface area contributed by atoms with E-state index in [1.165, 1.54) is 12.1 Å². The molecule has 0 aliphatic carbocycles. The van der Waals surface area contributed by atoms with Gasteiger partial charge in [-0.3, -0.25) is 9.00 Å². The first kappa shape index (κ1) is 25.4. The highest BCUT2D eigenvalue weighted by Crippen LogP contribution is 2.37. The average Bonchev–Trinajstić information content (AvgIpc) is 2.89. The number of morpholine rings is 1. The van der Waals surface area contributed by atoms with Crippen molar-refractivity contribution in [1.29, 1.82) is 0 Å². The molecule has 0 bridgehead atoms. The van der Waals surface area contributed by atoms with Crippen molar-refractivity contribution < 1.29 is 26.7 Å². The Balaban J connectivity index is 1.50. The Kier molecular flexibility index (Phi) is 7.05. The quantitative estimate of drug-likeness (QED) is 0.435. The molecular weight excluding hydrogens is 518 g/mol. The molecule has 37 heavy (non-hydrogen) atoms. The zero-order chi connectivity index (χ0) is 26.2. The van der Waals surface area contributed by atoms with E-state index in [2.05, 4.69) is 9.71 Å². The topological polar surface area (TPSA) is 145 Å². The molecule has 5 rings (SSSR count). The number of amides is 1. The number of benzene rings is 2. The van der Waals surface area contributed by atoms with E-state index in [4.69, 9.17) is 9.72 Å². The lowest BCUT2D eigenvalue weighted by Crippen LogP contribution is -2.58. The fourth-order valence-corrected chi connectivity index (χ4v) is 5.33. The number of ether oxygens (including phenoxy) is 1. The second-order valence-corrected chi connectivity index (χ2v) is 11.6. The molecule has 2 aliphatic rings. The first-order chi connectivity index (χ1) is 17.7. The molecule has 11 nitrogen and oxygen atoms in total. The number of carbonyl (C=O) groups excluding carboxylic acids is 1. The molecule has 0 spiro atoms. The molecule has 1 N–H and O–H groups in total. The fourth-order valence-electron chi connectivity index (χ4n) is 4.42. The van der Waals surface area contributed by atoms with Gasteiger partial charge in [-0.05, 0) is 29.3 Å². The fraction of sp³-hybridized carbons (Fsp3) is 0.292. The average molecular weight is 543 g/mol. The second-order valence-electron chi connectivity index (χ2n) is 8.78. The monoisotopic (exact) mass is 542 g/mol. The maximum Gasteiger partial charge on any atom is 0.252 e. The number of hydrogen-bond donors (Lipinski definition) is 1. The Morgan fingerprint density at radius 2 is 1.97 bits per heavy atom. The van der Waals surface area contributed by atoms with Gasteiger partial charge in [-0.1, -0.05) is 30.3 Å². The molecule has 3 aromatic rings. The van der Waals surface area contributed by atoms with Crippen LogP contribution in [0.5, 0.6) is 0 Å². The summed E-state index contributed by atoms with van der Waals surface area (Å²) in [6, 6.07) is 13.2. The smallest absolute Gasteiger partial charge is 0.252 e. The van der Waals surface area contributed by atoms with Gasteiger partial charge < -0.3 is 19.1 Å². The van der Waals surface area contributed by atoms with Crippen molar-refractivity contribution in [2.24, 2.45) is 0 Å². The van der Waals surface area contributed by atoms with Gasteiger partial charge in [0.2, 0.25) is 0 Å². The molecule has 2 aromatic carbocycles. The van der Waals surface area contributed by atoms with Crippen LogP contribution in [0.1, 0.15) is 11.1 Å². The van der Waals surface area contributed by atoms with E-state index >= 15 is 0 Å². The summed E-state index contributed by atoms with van der Waals surface area (Å²) in [5, 5.41) is 0. The molecule has 3 heterocycles. The van der Waals surface area contributed by atoms with Crippen LogP contribution in [0.15, 0.2) is 59.6 Å². The van der Waals surface area contributed by atoms with E-state index in [1.807, 2.05) is 17.0 Å². The normalized spacial score (nSPS) is 18.3. The number of hydrogen-bond acceptors (Lipinski definition) is 9. The van der Waals surface area contributed by atoms with Gasteiger partial charge in [-0.25, -0.2) is 23.1 Å². The summed E-state index contributed by atoms with van der Waals surface area (Å²) >= 11 is -2.37. The van der Waals surface area contributed by atoms with Crippen LogP contribution in [0.25, 0.3) is 11.4 Å². The predicted molar refractivity (Wildman–Crippen MR) is 136 cm³/mol. The van der Waals surface area contributed by atoms with E-state index in [0.717, 1.165) is 17.4 Å². The minimum atomic E-state index is -3.33. The van der Waals surface area contributed by atoms with Gasteiger partial charge in [0.05, 0.1) is 30.9 Å². The third kappa shape index (κ3) is 5.40. The lowest BCUT2D eigenvalue weighted by Gasteiger charge is -2.44. The van der Waals surface area contributed by atoms with Crippen LogP contribution in [0.4, 0.5) is 11.5 Å². The van der Waals surface area contributed by atoms with Crippen LogP contribution in [-0.4, -0.2) is 65.1 Å². The molecule has 0 radical (unpaired) electrons. The van der Waals surface area contributed by atoms with Gasteiger partial charge in [-0.15, -0.1) is 0 Å². The van der Waals surface area contributed by atoms with E-state index in [9.17, 15) is 22.0 Å². The van der Waals surface area contributed by atoms with Gasteiger partial charge in [-0.2, -0.15) is 0 Å². The van der Waals surface area contributed by atoms with Crippen molar-refractivity contribution in [3.8, 4) is 11.4 Å². The number of carbonyl (C=O) groups is 1. The van der Waals surface area contributed by atoms with Gasteiger partial charge in [0.15, 0.2) is 21.5 Å². The van der Waals surface area contributed by atoms with Gasteiger partial charge >= 0.3 is 0 Å². The molecule has 1 amide bonds. The van der Waals surface area contributed by atoms with Crippen molar-refractivity contribution in [3.63, 3.8) is 0 Å². The maximum absolute atomic E-state index is 13.5. The number of fused-ring (bicyclic) bond motifs is 3. The van der Waals surface area contributed by atoms with E-state index < -0.39 is 27.1 Å². The molecule has 194 valence electrons. The summed E-state index contributed by atoms with van der Waals surface area (Å²) < 4.78 is 53.3. The van der Waals surface area contributed by atoms with Crippen LogP contribution >= 0.6 is 0 Å². The van der Waals surface area contributed by atoms with Crippen molar-refractivity contribution >= 4 is 38.5 Å². The summed E-state index contributed by atoms with van der Waals surface area (Å²) in [7, 11) is -3.33. The van der Waals surface area contributed by atoms with Gasteiger partial charge in [0.1, 0.15) is 11.7 Å². The summed E-state index contributed by atoms with van der Waals surface area (Å²) in [5.74, 6) is 0.908. The molecule has 2 aliphatic heterocycles. The zero-order valence-corrected chi connectivity index (χ0v) is 21.5. The Hall–Kier alpha value is -3.23. The largest absolute Gasteiger partial charge is 0.760 e. The highest BCUT2D eigenvalue weighted by Gasteiger charge is 2.41. The summed E-state index contributed by atoms with van der Waals surface area (Å²) in [5.41, 5.74) is 2.78. The molecule has 1 aromatic heterocycles. The predicted octanol–water partition coefficient (Wildman–Crippen LogP) is 1.18. The molecular formula is C24H24N5O6S2-. The van der Waals surface area contributed by atoms with Gasteiger partial charge in [0, 0.05) is 36.2 Å². The van der Waals surface area contributed by atoms with Crippen LogP contribution in [-0.2, 0) is 43.7 Å². The Morgan fingerprint density at radius 3 is 2.70 bits per heavy atom. The minimum absolute atomic E-state index is 0.140. The van der Waals surface area contributed by atoms with E-state index in [0.29, 0.717) is 36.0 Å². The SMILES string of the molecule is CS(=O)(=O)c1ccc(CN2C(=O)C3COCCN3c3nc(-c4cccc(CNS(=O)[O-])c4)ncc32)cc1. The zero-order valence-electron chi connectivity index (χ0n) is 19.9. The Bertz CT molecular complexity index is 1460. The standard InChI is InChI=1S/C24H25N5O6S2/c1-37(33,34)19-7-5-16(6-8-19)14-29-20-13-25-22(18-4-2-3-17(11-18)12-26-36(31)32)27-23(20)28-9-10-35-15-21(28)24(29)30/h2-8,11,13,21,26H,9-10,12,14-15H2,1H3,(H,31,32)/p-1. The molecule has 2 unspecified atom stereocenters. The number of rotatable bonds is 7. The van der Waals surface area contributed by atoms with Crippen molar-refractivity contribution in [2.75, 3.05) is 35.8 Å². The van der Waals surface area contributed by atoms with E-state index in [1.54, 1.807) is 35.4 Å². The minimum Gasteiger partial charge on any atom is -0.760 e. The highest BCUT2D eigenvalue weighted by molar-refractivity contribution is 7.90. The van der Waals surface area contributed by atoms with Crippen molar-refractivity contribution in [1.82, 2.24) is 14.7 Å².